The molecule has 1 unspecified atom stereocenters. The highest BCUT2D eigenvalue weighted by atomic mass is 16.1. The van der Waals surface area contributed by atoms with Crippen LogP contribution in [0.4, 0.5) is 5.69 Å². The lowest BCUT2D eigenvalue weighted by molar-refractivity contribution is -0.121. The highest BCUT2D eigenvalue weighted by molar-refractivity contribution is 5.76. The van der Waals surface area contributed by atoms with E-state index in [4.69, 9.17) is 5.73 Å². The Morgan fingerprint density at radius 1 is 1.56 bits per heavy atom. The van der Waals surface area contributed by atoms with Gasteiger partial charge in [-0.05, 0) is 44.1 Å². The second kappa shape index (κ2) is 5.87. The molecular weight excluding hydrogens is 226 g/mol. The van der Waals surface area contributed by atoms with Gasteiger partial charge in [-0.3, -0.25) is 4.79 Å². The molecule has 0 spiro atoms. The van der Waals surface area contributed by atoms with Gasteiger partial charge in [0.05, 0.1) is 0 Å². The number of carbonyl (C=O) groups is 1. The average Bonchev–Trinajstić information content (AvgIpc) is 2.72. The number of hydrogen-bond donors (Lipinski definition) is 2. The number of benzene rings is 1. The van der Waals surface area contributed by atoms with Crippen LogP contribution < -0.4 is 11.1 Å². The summed E-state index contributed by atoms with van der Waals surface area (Å²) in [7, 11) is 2.08. The number of nitrogens with zero attached hydrogens (tertiary/aromatic N) is 1. The maximum atomic E-state index is 11.8. The lowest BCUT2D eigenvalue weighted by atomic mass is 10.1. The summed E-state index contributed by atoms with van der Waals surface area (Å²) in [5.74, 6) is 0.137. The monoisotopic (exact) mass is 247 g/mol. The van der Waals surface area contributed by atoms with Crippen molar-refractivity contribution in [1.82, 2.24) is 10.2 Å². The second-order valence-corrected chi connectivity index (χ2v) is 5.06. The van der Waals surface area contributed by atoms with E-state index in [-0.39, 0.29) is 5.91 Å². The molecule has 4 heteroatoms. The minimum absolute atomic E-state index is 0.137. The van der Waals surface area contributed by atoms with Crippen molar-refractivity contribution in [3.8, 4) is 0 Å². The van der Waals surface area contributed by atoms with E-state index in [1.807, 2.05) is 24.3 Å². The van der Waals surface area contributed by atoms with Crippen LogP contribution in [0.25, 0.3) is 0 Å². The van der Waals surface area contributed by atoms with Crippen LogP contribution in [0.1, 0.15) is 18.4 Å². The van der Waals surface area contributed by atoms with Crippen LogP contribution in [0.2, 0.25) is 0 Å². The van der Waals surface area contributed by atoms with Crippen molar-refractivity contribution in [3.63, 3.8) is 0 Å². The number of amides is 1. The average molecular weight is 247 g/mol. The quantitative estimate of drug-likeness (QED) is 0.781. The third-order valence-electron chi connectivity index (χ3n) is 3.35. The van der Waals surface area contributed by atoms with Crippen molar-refractivity contribution in [2.75, 3.05) is 25.9 Å². The number of likely N-dealkylation sites (N-methyl/N-ethyl adjacent to an activating group) is 1. The van der Waals surface area contributed by atoms with E-state index >= 15 is 0 Å². The molecular formula is C14H21N3O. The number of carbonyl (C=O) groups excluding carboxylic acids is 1. The number of nitrogens with two attached hydrogens (primary N) is 1. The smallest absolute Gasteiger partial charge is 0.220 e. The number of hydrogen-bond acceptors (Lipinski definition) is 3. The van der Waals surface area contributed by atoms with Crippen molar-refractivity contribution in [3.05, 3.63) is 29.8 Å². The fourth-order valence-electron chi connectivity index (χ4n) is 2.36. The fraction of sp³-hybridized carbons (Fsp3) is 0.500. The van der Waals surface area contributed by atoms with Crippen LogP contribution in [0, 0.1) is 0 Å². The van der Waals surface area contributed by atoms with Gasteiger partial charge in [-0.15, -0.1) is 0 Å². The number of aryl methyl sites for hydroxylation is 1. The van der Waals surface area contributed by atoms with Crippen LogP contribution in [0.15, 0.2) is 24.3 Å². The molecule has 1 saturated heterocycles. The molecule has 1 aromatic carbocycles. The molecule has 1 aromatic rings. The Morgan fingerprint density at radius 2 is 2.39 bits per heavy atom. The summed E-state index contributed by atoms with van der Waals surface area (Å²) in [4.78, 5) is 14.0. The molecule has 0 saturated carbocycles. The molecule has 3 N–H and O–H groups in total. The van der Waals surface area contributed by atoms with Crippen molar-refractivity contribution in [2.45, 2.75) is 25.3 Å². The summed E-state index contributed by atoms with van der Waals surface area (Å²) in [6.45, 7) is 2.03. The molecule has 1 heterocycles. The summed E-state index contributed by atoms with van der Waals surface area (Å²) in [6, 6.07) is 8.04. The van der Waals surface area contributed by atoms with E-state index < -0.39 is 0 Å². The van der Waals surface area contributed by atoms with Crippen LogP contribution >= 0.6 is 0 Å². The van der Waals surface area contributed by atoms with Gasteiger partial charge >= 0.3 is 0 Å². The largest absolute Gasteiger partial charge is 0.399 e. The molecule has 0 bridgehead atoms. The lowest BCUT2D eigenvalue weighted by Gasteiger charge is -2.12. The normalized spacial score (nSPS) is 19.9. The van der Waals surface area contributed by atoms with Crippen LogP contribution in [0.5, 0.6) is 0 Å². The summed E-state index contributed by atoms with van der Waals surface area (Å²) < 4.78 is 0. The summed E-state index contributed by atoms with van der Waals surface area (Å²) in [5.41, 5.74) is 7.58. The maximum Gasteiger partial charge on any atom is 0.220 e. The van der Waals surface area contributed by atoms with Crippen molar-refractivity contribution in [2.24, 2.45) is 0 Å². The zero-order chi connectivity index (χ0) is 13.0. The van der Waals surface area contributed by atoms with Crippen molar-refractivity contribution in [1.29, 1.82) is 0 Å². The highest BCUT2D eigenvalue weighted by Gasteiger charge is 2.20. The first kappa shape index (κ1) is 12.9. The first-order chi connectivity index (χ1) is 8.63. The van der Waals surface area contributed by atoms with Gasteiger partial charge in [0.1, 0.15) is 0 Å². The Labute approximate surface area is 108 Å². The Morgan fingerprint density at radius 3 is 3.06 bits per heavy atom. The summed E-state index contributed by atoms with van der Waals surface area (Å²) in [6.07, 6.45) is 2.34. The number of rotatable bonds is 4. The zero-order valence-corrected chi connectivity index (χ0v) is 10.9. The van der Waals surface area contributed by atoms with Crippen LogP contribution in [0.3, 0.4) is 0 Å². The zero-order valence-electron chi connectivity index (χ0n) is 10.9. The molecule has 1 fully saturated rings. The highest BCUT2D eigenvalue weighted by Crippen LogP contribution is 2.10. The SMILES string of the molecule is CN1CCC(NC(=O)CCc2cccc(N)c2)C1. The van der Waals surface area contributed by atoms with Gasteiger partial charge in [0.2, 0.25) is 5.91 Å². The molecule has 0 radical (unpaired) electrons. The van der Waals surface area contributed by atoms with Gasteiger partial charge < -0.3 is 16.0 Å². The lowest BCUT2D eigenvalue weighted by Crippen LogP contribution is -2.36. The fourth-order valence-corrected chi connectivity index (χ4v) is 2.36. The molecule has 98 valence electrons. The second-order valence-electron chi connectivity index (χ2n) is 5.06. The van der Waals surface area contributed by atoms with Crippen LogP contribution in [-0.4, -0.2) is 37.0 Å². The molecule has 1 aliphatic heterocycles. The van der Waals surface area contributed by atoms with E-state index in [0.717, 1.165) is 37.2 Å². The third-order valence-corrected chi connectivity index (χ3v) is 3.35. The predicted octanol–water partition coefficient (Wildman–Crippen LogP) is 1.02. The third kappa shape index (κ3) is 3.74. The number of likely N-dealkylation sites (tertiary alicyclic amines) is 1. The predicted molar refractivity (Wildman–Crippen MR) is 73.2 cm³/mol. The minimum atomic E-state index is 0.137. The van der Waals surface area contributed by atoms with Gasteiger partial charge in [-0.1, -0.05) is 12.1 Å². The first-order valence-corrected chi connectivity index (χ1v) is 6.46. The number of nitrogen functional groups attached to an aromatic ring is 1. The van der Waals surface area contributed by atoms with E-state index in [1.165, 1.54) is 0 Å². The van der Waals surface area contributed by atoms with E-state index in [9.17, 15) is 4.79 Å². The molecule has 18 heavy (non-hydrogen) atoms. The molecule has 1 aliphatic rings. The van der Waals surface area contributed by atoms with Crippen molar-refractivity contribution >= 4 is 11.6 Å². The van der Waals surface area contributed by atoms with Crippen LogP contribution in [-0.2, 0) is 11.2 Å². The molecule has 0 aromatic heterocycles. The summed E-state index contributed by atoms with van der Waals surface area (Å²) >= 11 is 0. The first-order valence-electron chi connectivity index (χ1n) is 6.46. The van der Waals surface area contributed by atoms with Gasteiger partial charge in [0, 0.05) is 24.7 Å². The van der Waals surface area contributed by atoms with E-state index in [0.29, 0.717) is 12.5 Å². The van der Waals surface area contributed by atoms with Crippen molar-refractivity contribution < 1.29 is 4.79 Å². The molecule has 1 amide bonds. The Balaban J connectivity index is 1.75. The summed E-state index contributed by atoms with van der Waals surface area (Å²) in [5, 5.41) is 3.08. The van der Waals surface area contributed by atoms with Gasteiger partial charge in [-0.2, -0.15) is 0 Å². The Bertz CT molecular complexity index is 419. The Kier molecular flexibility index (Phi) is 4.20. The van der Waals surface area contributed by atoms with E-state index in [1.54, 1.807) is 0 Å². The number of nitrogens with one attached hydrogen (secondary N) is 1. The standard InChI is InChI=1S/C14H21N3O/c1-17-8-7-13(10-17)16-14(18)6-5-11-3-2-4-12(15)9-11/h2-4,9,13H,5-8,10,15H2,1H3,(H,16,18). The molecule has 1 atom stereocenters. The molecule has 0 aliphatic carbocycles. The Hall–Kier alpha value is -1.55. The molecule has 2 rings (SSSR count). The topological polar surface area (TPSA) is 58.4 Å². The minimum Gasteiger partial charge on any atom is -0.399 e. The van der Waals surface area contributed by atoms with E-state index in [2.05, 4.69) is 17.3 Å². The molecule has 4 nitrogen and oxygen atoms in total. The van der Waals surface area contributed by atoms with Gasteiger partial charge in [0.25, 0.3) is 0 Å². The number of anilines is 1. The van der Waals surface area contributed by atoms with Gasteiger partial charge in [0.15, 0.2) is 0 Å². The maximum absolute atomic E-state index is 11.8. The van der Waals surface area contributed by atoms with Gasteiger partial charge in [-0.25, -0.2) is 0 Å².